The second-order valence-corrected chi connectivity index (χ2v) is 9.04. The van der Waals surface area contributed by atoms with Crippen LogP contribution < -0.4 is 0 Å². The summed E-state index contributed by atoms with van der Waals surface area (Å²) in [4.78, 5) is 17.0. The van der Waals surface area contributed by atoms with Crippen LogP contribution >= 0.6 is 0 Å². The van der Waals surface area contributed by atoms with E-state index in [1.165, 1.54) is 49.8 Å². The van der Waals surface area contributed by atoms with Gasteiger partial charge in [-0.25, -0.2) is 0 Å². The van der Waals surface area contributed by atoms with Crippen molar-refractivity contribution in [2.24, 2.45) is 5.92 Å². The molecule has 27 heavy (non-hydrogen) atoms. The number of hydrogen-bond donors (Lipinski definition) is 2. The average molecular weight is 375 g/mol. The third-order valence-corrected chi connectivity index (χ3v) is 6.75. The molecule has 1 aromatic rings. The number of fused-ring (bicyclic) bond motifs is 1. The Morgan fingerprint density at radius 3 is 2.81 bits per heavy atom. The van der Waals surface area contributed by atoms with Gasteiger partial charge in [0.2, 0.25) is 0 Å². The van der Waals surface area contributed by atoms with Crippen LogP contribution in [0.3, 0.4) is 0 Å². The minimum Gasteiger partial charge on any atom is -0.379 e. The van der Waals surface area contributed by atoms with Crippen molar-refractivity contribution in [1.82, 2.24) is 20.0 Å². The van der Waals surface area contributed by atoms with Crippen molar-refractivity contribution in [3.63, 3.8) is 0 Å². The SMILES string of the molecule is CN(Cc1n[nH]c2c1CCCCC2)CC1(O)CCCN(CC2CCC2)C1=O. The summed E-state index contributed by atoms with van der Waals surface area (Å²) in [5, 5.41) is 18.9. The number of nitrogens with one attached hydrogen (secondary N) is 1. The van der Waals surface area contributed by atoms with Crippen molar-refractivity contribution < 1.29 is 9.90 Å². The van der Waals surface area contributed by atoms with Gasteiger partial charge in [0.1, 0.15) is 0 Å². The molecule has 0 spiro atoms. The van der Waals surface area contributed by atoms with Crippen LogP contribution in [0.25, 0.3) is 0 Å². The van der Waals surface area contributed by atoms with Crippen molar-refractivity contribution >= 4 is 5.91 Å². The Bertz CT molecular complexity index is 669. The van der Waals surface area contributed by atoms with Crippen LogP contribution in [0.2, 0.25) is 0 Å². The van der Waals surface area contributed by atoms with E-state index >= 15 is 0 Å². The predicted molar refractivity (Wildman–Crippen MR) is 104 cm³/mol. The van der Waals surface area contributed by atoms with Crippen LogP contribution in [0.4, 0.5) is 0 Å². The Labute approximate surface area is 162 Å². The van der Waals surface area contributed by atoms with E-state index in [4.69, 9.17) is 0 Å². The number of likely N-dealkylation sites (N-methyl/N-ethyl adjacent to an activating group) is 1. The summed E-state index contributed by atoms with van der Waals surface area (Å²) in [6, 6.07) is 0. The lowest BCUT2D eigenvalue weighted by atomic mass is 9.83. The molecule has 0 aromatic carbocycles. The highest BCUT2D eigenvalue weighted by atomic mass is 16.3. The molecule has 0 bridgehead atoms. The monoisotopic (exact) mass is 374 g/mol. The first-order valence-electron chi connectivity index (χ1n) is 10.8. The lowest BCUT2D eigenvalue weighted by Crippen LogP contribution is -2.59. The predicted octanol–water partition coefficient (Wildman–Crippen LogP) is 2.26. The molecule has 3 aliphatic rings. The molecule has 1 unspecified atom stereocenters. The minimum atomic E-state index is -1.25. The Balaban J connectivity index is 1.38. The number of carbonyl (C=O) groups is 1. The van der Waals surface area contributed by atoms with Gasteiger partial charge in [-0.15, -0.1) is 0 Å². The normalized spacial score (nSPS) is 26.8. The minimum absolute atomic E-state index is 0.0617. The number of hydrogen-bond acceptors (Lipinski definition) is 4. The highest BCUT2D eigenvalue weighted by Crippen LogP contribution is 2.31. The molecule has 2 aliphatic carbocycles. The number of aromatic amines is 1. The number of aryl methyl sites for hydroxylation is 1. The topological polar surface area (TPSA) is 72.5 Å². The zero-order valence-electron chi connectivity index (χ0n) is 16.7. The molecule has 2 heterocycles. The zero-order chi connectivity index (χ0) is 18.9. The number of nitrogens with zero attached hydrogens (tertiary/aromatic N) is 3. The van der Waals surface area contributed by atoms with Gasteiger partial charge in [0.15, 0.2) is 5.60 Å². The summed E-state index contributed by atoms with van der Waals surface area (Å²) in [6.45, 7) is 2.70. The number of aliphatic hydroxyl groups is 1. The van der Waals surface area contributed by atoms with Crippen LogP contribution in [0.1, 0.15) is 68.3 Å². The Morgan fingerprint density at radius 1 is 1.22 bits per heavy atom. The van der Waals surface area contributed by atoms with Gasteiger partial charge >= 0.3 is 0 Å². The zero-order valence-corrected chi connectivity index (χ0v) is 16.7. The molecule has 1 amide bonds. The third-order valence-electron chi connectivity index (χ3n) is 6.75. The van der Waals surface area contributed by atoms with Gasteiger partial charge in [0.25, 0.3) is 5.91 Å². The summed E-state index contributed by atoms with van der Waals surface area (Å²) in [7, 11) is 1.99. The van der Waals surface area contributed by atoms with E-state index in [1.807, 2.05) is 11.9 Å². The third kappa shape index (κ3) is 4.06. The van der Waals surface area contributed by atoms with E-state index in [2.05, 4.69) is 15.1 Å². The first kappa shape index (κ1) is 18.9. The average Bonchev–Trinajstić information content (AvgIpc) is 2.82. The van der Waals surface area contributed by atoms with Gasteiger partial charge in [0, 0.05) is 31.9 Å². The molecule has 2 fully saturated rings. The number of rotatable bonds is 6. The van der Waals surface area contributed by atoms with E-state index in [-0.39, 0.29) is 5.91 Å². The summed E-state index contributed by atoms with van der Waals surface area (Å²) in [5.41, 5.74) is 2.50. The molecular weight excluding hydrogens is 340 g/mol. The summed E-state index contributed by atoms with van der Waals surface area (Å²) < 4.78 is 0. The Hall–Kier alpha value is -1.40. The standard InChI is InChI=1S/C21H34N4O2/c1-24(14-19-17-9-3-2-4-10-18(17)22-23-19)15-21(27)11-6-12-25(20(21)26)13-16-7-5-8-16/h16,27H,2-15H2,1H3,(H,22,23). The molecular formula is C21H34N4O2. The first-order chi connectivity index (χ1) is 13.0. The fourth-order valence-electron chi connectivity index (χ4n) is 4.99. The van der Waals surface area contributed by atoms with Crippen LogP contribution in [0, 0.1) is 5.92 Å². The maximum atomic E-state index is 13.0. The summed E-state index contributed by atoms with van der Waals surface area (Å²) in [6.07, 6.45) is 11.1. The van der Waals surface area contributed by atoms with E-state index in [9.17, 15) is 9.90 Å². The van der Waals surface area contributed by atoms with Gasteiger partial charge in [0.05, 0.1) is 5.69 Å². The number of carbonyl (C=O) groups excluding carboxylic acids is 1. The molecule has 2 N–H and O–H groups in total. The molecule has 6 heteroatoms. The van der Waals surface area contributed by atoms with Gasteiger partial charge < -0.3 is 10.0 Å². The van der Waals surface area contributed by atoms with Crippen LogP contribution in [0.5, 0.6) is 0 Å². The number of aromatic nitrogens is 2. The maximum Gasteiger partial charge on any atom is 0.255 e. The van der Waals surface area contributed by atoms with Crippen LogP contribution in [-0.2, 0) is 24.2 Å². The van der Waals surface area contributed by atoms with Crippen molar-refractivity contribution in [1.29, 1.82) is 0 Å². The van der Waals surface area contributed by atoms with Crippen molar-refractivity contribution in [3.8, 4) is 0 Å². The maximum absolute atomic E-state index is 13.0. The van der Waals surface area contributed by atoms with Crippen molar-refractivity contribution in [3.05, 3.63) is 17.0 Å². The van der Waals surface area contributed by atoms with E-state index in [0.717, 1.165) is 38.0 Å². The molecule has 150 valence electrons. The van der Waals surface area contributed by atoms with E-state index in [0.29, 0.717) is 25.4 Å². The van der Waals surface area contributed by atoms with Crippen LogP contribution in [-0.4, -0.2) is 63.3 Å². The summed E-state index contributed by atoms with van der Waals surface area (Å²) in [5.74, 6) is 0.585. The summed E-state index contributed by atoms with van der Waals surface area (Å²) >= 11 is 0. The van der Waals surface area contributed by atoms with Crippen molar-refractivity contribution in [2.75, 3.05) is 26.7 Å². The lowest BCUT2D eigenvalue weighted by Gasteiger charge is -2.42. The number of amides is 1. The molecule has 0 radical (unpaired) electrons. The fourth-order valence-corrected chi connectivity index (χ4v) is 4.99. The second-order valence-electron chi connectivity index (χ2n) is 9.04. The number of piperidine rings is 1. The molecule has 6 nitrogen and oxygen atoms in total. The van der Waals surface area contributed by atoms with Gasteiger partial charge in [-0.05, 0) is 69.9 Å². The molecule has 1 saturated heterocycles. The quantitative estimate of drug-likeness (QED) is 0.749. The fraction of sp³-hybridized carbons (Fsp3) is 0.810. The van der Waals surface area contributed by atoms with Crippen molar-refractivity contribution in [2.45, 2.75) is 76.4 Å². The largest absolute Gasteiger partial charge is 0.379 e. The highest BCUT2D eigenvalue weighted by molar-refractivity contribution is 5.86. The molecule has 1 aromatic heterocycles. The van der Waals surface area contributed by atoms with E-state index < -0.39 is 5.60 Å². The Kier molecular flexibility index (Phi) is 5.55. The Morgan fingerprint density at radius 2 is 2.04 bits per heavy atom. The molecule has 4 rings (SSSR count). The van der Waals surface area contributed by atoms with Gasteiger partial charge in [-0.3, -0.25) is 14.8 Å². The highest BCUT2D eigenvalue weighted by Gasteiger charge is 2.43. The smallest absolute Gasteiger partial charge is 0.255 e. The van der Waals surface area contributed by atoms with Crippen LogP contribution in [0.15, 0.2) is 0 Å². The van der Waals surface area contributed by atoms with E-state index in [1.54, 1.807) is 0 Å². The molecule has 1 aliphatic heterocycles. The second kappa shape index (κ2) is 7.92. The molecule has 1 atom stereocenters. The lowest BCUT2D eigenvalue weighted by molar-refractivity contribution is -0.160. The van der Waals surface area contributed by atoms with Gasteiger partial charge in [-0.1, -0.05) is 12.8 Å². The number of likely N-dealkylation sites (tertiary alicyclic amines) is 1. The molecule has 1 saturated carbocycles. The van der Waals surface area contributed by atoms with Gasteiger partial charge in [-0.2, -0.15) is 5.10 Å². The number of H-pyrrole nitrogens is 1. The first-order valence-corrected chi connectivity index (χ1v) is 10.8.